The number of hydrazine groups is 1. The Kier molecular flexibility index (Phi) is 7.75. The fourth-order valence-electron chi connectivity index (χ4n) is 2.83. The van der Waals surface area contributed by atoms with Crippen LogP contribution in [0, 0.1) is 6.92 Å². The quantitative estimate of drug-likeness (QED) is 0.281. The van der Waals surface area contributed by atoms with Crippen LogP contribution in [0.4, 0.5) is 0 Å². The van der Waals surface area contributed by atoms with Crippen LogP contribution in [0.2, 0.25) is 0 Å². The average Bonchev–Trinajstić information content (AvgIpc) is 2.75. The maximum Gasteiger partial charge on any atom is 0.276 e. The van der Waals surface area contributed by atoms with E-state index in [0.717, 1.165) is 26.4 Å². The molecule has 0 aliphatic carbocycles. The SMILES string of the molecule is Cc1cc(Br)ccc1OCC(=O)NNC(=S)NC(=O)/C=C/c1cccc2ccccc12. The van der Waals surface area contributed by atoms with E-state index in [4.69, 9.17) is 17.0 Å². The van der Waals surface area contributed by atoms with Gasteiger partial charge in [0.2, 0.25) is 5.91 Å². The van der Waals surface area contributed by atoms with Gasteiger partial charge in [-0.05, 0) is 65.3 Å². The first kappa shape index (κ1) is 22.5. The van der Waals surface area contributed by atoms with Crippen molar-refractivity contribution in [1.29, 1.82) is 0 Å². The summed E-state index contributed by atoms with van der Waals surface area (Å²) in [5.74, 6) is -0.251. The molecule has 0 aromatic heterocycles. The van der Waals surface area contributed by atoms with Crippen LogP contribution in [-0.4, -0.2) is 23.5 Å². The van der Waals surface area contributed by atoms with E-state index in [9.17, 15) is 9.59 Å². The van der Waals surface area contributed by atoms with Gasteiger partial charge in [-0.1, -0.05) is 58.4 Å². The minimum Gasteiger partial charge on any atom is -0.483 e. The topological polar surface area (TPSA) is 79.5 Å². The van der Waals surface area contributed by atoms with Crippen molar-refractivity contribution in [3.8, 4) is 5.75 Å². The summed E-state index contributed by atoms with van der Waals surface area (Å²) >= 11 is 8.40. The fraction of sp³-hybridized carbons (Fsp3) is 0.0870. The second-order valence-corrected chi connectivity index (χ2v) is 7.92. The fourth-order valence-corrected chi connectivity index (χ4v) is 3.45. The lowest BCUT2D eigenvalue weighted by Crippen LogP contribution is -2.49. The molecule has 3 aromatic rings. The number of carbonyl (C=O) groups is 2. The first-order chi connectivity index (χ1) is 14.9. The molecule has 0 radical (unpaired) electrons. The third-order valence-electron chi connectivity index (χ3n) is 4.29. The van der Waals surface area contributed by atoms with Gasteiger partial charge in [0.25, 0.3) is 5.91 Å². The minimum absolute atomic E-state index is 0.0271. The van der Waals surface area contributed by atoms with Gasteiger partial charge in [-0.15, -0.1) is 0 Å². The molecule has 158 valence electrons. The Morgan fingerprint density at radius 2 is 1.84 bits per heavy atom. The lowest BCUT2D eigenvalue weighted by atomic mass is 10.0. The zero-order valence-electron chi connectivity index (χ0n) is 16.6. The van der Waals surface area contributed by atoms with E-state index < -0.39 is 11.8 Å². The number of fused-ring (bicyclic) bond motifs is 1. The molecule has 3 aromatic carbocycles. The smallest absolute Gasteiger partial charge is 0.276 e. The van der Waals surface area contributed by atoms with Crippen molar-refractivity contribution in [1.82, 2.24) is 16.2 Å². The van der Waals surface area contributed by atoms with Crippen molar-refractivity contribution in [3.05, 3.63) is 82.3 Å². The standard InChI is InChI=1S/C23H20BrN3O3S/c1-15-13-18(24)10-11-20(15)30-14-22(29)26-27-23(31)25-21(28)12-9-17-7-4-6-16-5-2-3-8-19(16)17/h2-13H,14H2,1H3,(H,26,29)(H2,25,27,28,31)/b12-9+. The van der Waals surface area contributed by atoms with Crippen molar-refractivity contribution < 1.29 is 14.3 Å². The molecular formula is C23H20BrN3O3S. The third-order valence-corrected chi connectivity index (χ3v) is 4.98. The second kappa shape index (κ2) is 10.7. The number of hydrogen-bond acceptors (Lipinski definition) is 4. The van der Waals surface area contributed by atoms with Gasteiger partial charge in [-0.2, -0.15) is 0 Å². The maximum atomic E-state index is 12.1. The molecule has 0 saturated heterocycles. The van der Waals surface area contributed by atoms with Gasteiger partial charge in [0, 0.05) is 10.5 Å². The lowest BCUT2D eigenvalue weighted by molar-refractivity contribution is -0.123. The Morgan fingerprint density at radius 3 is 2.65 bits per heavy atom. The lowest BCUT2D eigenvalue weighted by Gasteiger charge is -2.11. The summed E-state index contributed by atoms with van der Waals surface area (Å²) < 4.78 is 6.40. The molecule has 3 rings (SSSR count). The summed E-state index contributed by atoms with van der Waals surface area (Å²) in [5, 5.41) is 4.58. The van der Waals surface area contributed by atoms with Crippen LogP contribution in [0.5, 0.6) is 5.75 Å². The number of carbonyl (C=O) groups excluding carboxylic acids is 2. The van der Waals surface area contributed by atoms with Crippen molar-refractivity contribution >= 4 is 61.9 Å². The highest BCUT2D eigenvalue weighted by atomic mass is 79.9. The van der Waals surface area contributed by atoms with Crippen LogP contribution >= 0.6 is 28.1 Å². The van der Waals surface area contributed by atoms with E-state index in [1.807, 2.05) is 61.5 Å². The highest BCUT2D eigenvalue weighted by Gasteiger charge is 2.07. The molecule has 0 fully saturated rings. The number of thiocarbonyl (C=S) groups is 1. The summed E-state index contributed by atoms with van der Waals surface area (Å²) in [7, 11) is 0. The van der Waals surface area contributed by atoms with E-state index in [-0.39, 0.29) is 11.7 Å². The summed E-state index contributed by atoms with van der Waals surface area (Å²) in [4.78, 5) is 24.0. The average molecular weight is 498 g/mol. The largest absolute Gasteiger partial charge is 0.483 e. The second-order valence-electron chi connectivity index (χ2n) is 6.59. The first-order valence-electron chi connectivity index (χ1n) is 9.37. The predicted molar refractivity (Wildman–Crippen MR) is 129 cm³/mol. The Labute approximate surface area is 193 Å². The van der Waals surface area contributed by atoms with Crippen LogP contribution in [0.15, 0.2) is 71.2 Å². The molecule has 0 aliphatic heterocycles. The van der Waals surface area contributed by atoms with E-state index >= 15 is 0 Å². The van der Waals surface area contributed by atoms with Crippen molar-refractivity contribution in [2.75, 3.05) is 6.61 Å². The number of ether oxygens (including phenoxy) is 1. The van der Waals surface area contributed by atoms with Gasteiger partial charge in [0.15, 0.2) is 11.7 Å². The molecule has 0 unspecified atom stereocenters. The number of hydrogen-bond donors (Lipinski definition) is 3. The molecular weight excluding hydrogens is 478 g/mol. The highest BCUT2D eigenvalue weighted by molar-refractivity contribution is 9.10. The zero-order chi connectivity index (χ0) is 22.2. The van der Waals surface area contributed by atoms with Crippen molar-refractivity contribution in [2.45, 2.75) is 6.92 Å². The minimum atomic E-state index is -0.440. The molecule has 6 nitrogen and oxygen atoms in total. The van der Waals surface area contributed by atoms with E-state index in [0.29, 0.717) is 5.75 Å². The molecule has 8 heteroatoms. The molecule has 0 atom stereocenters. The van der Waals surface area contributed by atoms with Gasteiger partial charge in [-0.25, -0.2) is 0 Å². The molecule has 0 bridgehead atoms. The predicted octanol–water partition coefficient (Wildman–Crippen LogP) is 4.02. The Hall–Kier alpha value is -3.23. The maximum absolute atomic E-state index is 12.1. The summed E-state index contributed by atoms with van der Waals surface area (Å²) in [6, 6.07) is 19.3. The van der Waals surface area contributed by atoms with Crippen LogP contribution < -0.4 is 20.9 Å². The molecule has 3 N–H and O–H groups in total. The summed E-state index contributed by atoms with van der Waals surface area (Å²) in [5.41, 5.74) is 6.68. The monoisotopic (exact) mass is 497 g/mol. The summed E-state index contributed by atoms with van der Waals surface area (Å²) in [6.45, 7) is 1.68. The molecule has 0 aliphatic rings. The molecule has 31 heavy (non-hydrogen) atoms. The van der Waals surface area contributed by atoms with Gasteiger partial charge >= 0.3 is 0 Å². The zero-order valence-corrected chi connectivity index (χ0v) is 19.0. The van der Waals surface area contributed by atoms with E-state index in [2.05, 4.69) is 32.1 Å². The van der Waals surface area contributed by atoms with E-state index in [1.54, 1.807) is 12.1 Å². The first-order valence-corrected chi connectivity index (χ1v) is 10.6. The molecule has 0 spiro atoms. The number of amides is 2. The Balaban J connectivity index is 1.45. The Morgan fingerprint density at radius 1 is 1.06 bits per heavy atom. The molecule has 2 amide bonds. The van der Waals surface area contributed by atoms with Crippen LogP contribution in [0.1, 0.15) is 11.1 Å². The number of benzene rings is 3. The van der Waals surface area contributed by atoms with Gasteiger partial charge < -0.3 is 4.74 Å². The highest BCUT2D eigenvalue weighted by Crippen LogP contribution is 2.22. The molecule has 0 saturated carbocycles. The number of aryl methyl sites for hydroxylation is 1. The normalized spacial score (nSPS) is 10.6. The van der Waals surface area contributed by atoms with Crippen molar-refractivity contribution in [3.63, 3.8) is 0 Å². The van der Waals surface area contributed by atoms with Crippen molar-refractivity contribution in [2.24, 2.45) is 0 Å². The number of nitrogens with one attached hydrogen (secondary N) is 3. The van der Waals surface area contributed by atoms with Gasteiger partial charge in [-0.3, -0.25) is 25.8 Å². The van der Waals surface area contributed by atoms with Crippen LogP contribution in [-0.2, 0) is 9.59 Å². The van der Waals surface area contributed by atoms with Gasteiger partial charge in [0.05, 0.1) is 0 Å². The Bertz CT molecular complexity index is 1160. The van der Waals surface area contributed by atoms with Crippen LogP contribution in [0.25, 0.3) is 16.8 Å². The van der Waals surface area contributed by atoms with Gasteiger partial charge in [0.1, 0.15) is 5.75 Å². The van der Waals surface area contributed by atoms with E-state index in [1.165, 1.54) is 6.08 Å². The summed E-state index contributed by atoms with van der Waals surface area (Å²) in [6.07, 6.45) is 3.10. The number of halogens is 1. The number of rotatable bonds is 5. The van der Waals surface area contributed by atoms with Crippen LogP contribution in [0.3, 0.4) is 0 Å². The molecule has 0 heterocycles. The third kappa shape index (κ3) is 6.63.